The summed E-state index contributed by atoms with van der Waals surface area (Å²) in [5.41, 5.74) is 15.7. The third kappa shape index (κ3) is 5.42. The Hall–Kier alpha value is -6.44. The molecule has 230 valence electrons. The van der Waals surface area contributed by atoms with Crippen molar-refractivity contribution in [3.8, 4) is 44.5 Å². The Morgan fingerprint density at radius 2 is 0.694 bits per heavy atom. The van der Waals surface area contributed by atoms with Gasteiger partial charge in [-0.15, -0.1) is 0 Å². The molecule has 0 saturated heterocycles. The Kier molecular flexibility index (Phi) is 7.22. The van der Waals surface area contributed by atoms with Crippen molar-refractivity contribution >= 4 is 40.0 Å². The van der Waals surface area contributed by atoms with Crippen LogP contribution in [0.25, 0.3) is 67.4 Å². The molecule has 1 aliphatic rings. The molecular formula is C48H33N. The first-order chi connectivity index (χ1) is 24.3. The monoisotopic (exact) mass is 623 g/mol. The maximum Gasteiger partial charge on any atom is 0.0462 e. The van der Waals surface area contributed by atoms with Crippen LogP contribution < -0.4 is 4.90 Å². The third-order valence-corrected chi connectivity index (χ3v) is 9.63. The highest BCUT2D eigenvalue weighted by Gasteiger charge is 2.17. The zero-order valence-corrected chi connectivity index (χ0v) is 27.0. The molecular weight excluding hydrogens is 591 g/mol. The zero-order valence-electron chi connectivity index (χ0n) is 27.0. The van der Waals surface area contributed by atoms with E-state index in [-0.39, 0.29) is 0 Å². The molecule has 0 aromatic heterocycles. The van der Waals surface area contributed by atoms with E-state index in [0.717, 1.165) is 17.1 Å². The Labute approximate surface area is 287 Å². The van der Waals surface area contributed by atoms with E-state index in [0.29, 0.717) is 0 Å². The van der Waals surface area contributed by atoms with Crippen LogP contribution in [0.3, 0.4) is 0 Å². The van der Waals surface area contributed by atoms with Gasteiger partial charge >= 0.3 is 0 Å². The van der Waals surface area contributed by atoms with Crippen molar-refractivity contribution in [2.45, 2.75) is 0 Å². The first kappa shape index (κ1) is 28.8. The van der Waals surface area contributed by atoms with Gasteiger partial charge in [-0.25, -0.2) is 0 Å². The van der Waals surface area contributed by atoms with Crippen LogP contribution >= 0.6 is 0 Å². The predicted octanol–water partition coefficient (Wildman–Crippen LogP) is 13.5. The van der Waals surface area contributed by atoms with Crippen molar-refractivity contribution in [1.29, 1.82) is 0 Å². The molecule has 1 nitrogen and oxygen atoms in total. The Morgan fingerprint density at radius 1 is 0.286 bits per heavy atom. The maximum absolute atomic E-state index is 2.37. The van der Waals surface area contributed by atoms with Crippen molar-refractivity contribution in [2.75, 3.05) is 4.90 Å². The minimum Gasteiger partial charge on any atom is -0.311 e. The third-order valence-electron chi connectivity index (χ3n) is 9.63. The van der Waals surface area contributed by atoms with Crippen LogP contribution in [0.2, 0.25) is 0 Å². The standard InChI is InChI=1S/C48H33N/c1-4-10-34(11-5-1)36-18-25-43(26-19-36)49(44-27-20-37(21-28-44)35-12-6-2-7-13-35)45-29-22-38(23-30-45)42-32-41-17-16-40-24-31-46(47(33-42)48(40)41)39-14-8-3-9-15-39/h1-33H. The quantitative estimate of drug-likeness (QED) is 0.171. The lowest BCUT2D eigenvalue weighted by Crippen LogP contribution is -2.09. The lowest BCUT2D eigenvalue weighted by atomic mass is 9.91. The molecule has 0 aliphatic heterocycles. The SMILES string of the molecule is C1=Cc2cc(-c3ccc(N(c4ccc(-c5ccccc5)cc4)c4ccc(-c5ccccc5)cc4)cc3)cc3c(-c4ccccc4)ccc1c23. The molecule has 0 radical (unpaired) electrons. The van der Waals surface area contributed by atoms with Crippen LogP contribution in [0.5, 0.6) is 0 Å². The normalized spacial score (nSPS) is 11.6. The number of rotatable bonds is 7. The van der Waals surface area contributed by atoms with E-state index >= 15 is 0 Å². The molecule has 9 rings (SSSR count). The highest BCUT2D eigenvalue weighted by molar-refractivity contribution is 6.11. The fraction of sp³-hybridized carbons (Fsp3) is 0. The van der Waals surface area contributed by atoms with E-state index in [1.54, 1.807) is 0 Å². The van der Waals surface area contributed by atoms with Crippen molar-refractivity contribution in [2.24, 2.45) is 0 Å². The second-order valence-corrected chi connectivity index (χ2v) is 12.6. The molecule has 0 atom stereocenters. The molecule has 0 saturated carbocycles. The van der Waals surface area contributed by atoms with E-state index in [2.05, 4.69) is 205 Å². The Bertz CT molecular complexity index is 2340. The average Bonchev–Trinajstić information content (AvgIpc) is 3.61. The van der Waals surface area contributed by atoms with Gasteiger partial charge in [0.2, 0.25) is 0 Å². The summed E-state index contributed by atoms with van der Waals surface area (Å²) in [6.07, 6.45) is 4.49. The second-order valence-electron chi connectivity index (χ2n) is 12.6. The Morgan fingerprint density at radius 3 is 1.18 bits per heavy atom. The van der Waals surface area contributed by atoms with Gasteiger partial charge in [0.15, 0.2) is 0 Å². The first-order valence-electron chi connectivity index (χ1n) is 16.8. The molecule has 1 heteroatoms. The summed E-state index contributed by atoms with van der Waals surface area (Å²) in [5.74, 6) is 0. The first-order valence-corrected chi connectivity index (χ1v) is 16.8. The average molecular weight is 624 g/mol. The largest absolute Gasteiger partial charge is 0.311 e. The number of hydrogen-bond donors (Lipinski definition) is 0. The van der Waals surface area contributed by atoms with Gasteiger partial charge in [-0.1, -0.05) is 152 Å². The number of nitrogens with zero attached hydrogens (tertiary/aromatic N) is 1. The molecule has 0 heterocycles. The lowest BCUT2D eigenvalue weighted by molar-refractivity contribution is 1.28. The molecule has 0 amide bonds. The van der Waals surface area contributed by atoms with Crippen LogP contribution in [0.15, 0.2) is 188 Å². The molecule has 8 aromatic rings. The lowest BCUT2D eigenvalue weighted by Gasteiger charge is -2.26. The molecule has 0 unspecified atom stereocenters. The highest BCUT2D eigenvalue weighted by atomic mass is 15.1. The van der Waals surface area contributed by atoms with Gasteiger partial charge in [0, 0.05) is 17.1 Å². The molecule has 49 heavy (non-hydrogen) atoms. The number of benzene rings is 8. The van der Waals surface area contributed by atoms with Gasteiger partial charge in [0.25, 0.3) is 0 Å². The molecule has 0 spiro atoms. The van der Waals surface area contributed by atoms with Gasteiger partial charge in [-0.2, -0.15) is 0 Å². The zero-order chi connectivity index (χ0) is 32.6. The van der Waals surface area contributed by atoms with E-state index in [4.69, 9.17) is 0 Å². The second kappa shape index (κ2) is 12.3. The van der Waals surface area contributed by atoms with Crippen LogP contribution in [-0.4, -0.2) is 0 Å². The van der Waals surface area contributed by atoms with E-state index < -0.39 is 0 Å². The summed E-state index contributed by atoms with van der Waals surface area (Å²) in [7, 11) is 0. The minimum atomic E-state index is 1.11. The summed E-state index contributed by atoms with van der Waals surface area (Å²) in [6.45, 7) is 0. The van der Waals surface area contributed by atoms with Crippen LogP contribution in [0, 0.1) is 0 Å². The van der Waals surface area contributed by atoms with Crippen molar-refractivity contribution in [1.82, 2.24) is 0 Å². The molecule has 8 aromatic carbocycles. The maximum atomic E-state index is 2.37. The minimum absolute atomic E-state index is 1.11. The van der Waals surface area contributed by atoms with Gasteiger partial charge in [0.05, 0.1) is 0 Å². The van der Waals surface area contributed by atoms with Crippen molar-refractivity contribution < 1.29 is 0 Å². The molecule has 0 bridgehead atoms. The molecule has 0 N–H and O–H groups in total. The van der Waals surface area contributed by atoms with Gasteiger partial charge in [0.1, 0.15) is 0 Å². The molecule has 0 fully saturated rings. The number of hydrogen-bond acceptors (Lipinski definition) is 1. The smallest absolute Gasteiger partial charge is 0.0462 e. The fourth-order valence-electron chi connectivity index (χ4n) is 7.15. The van der Waals surface area contributed by atoms with Gasteiger partial charge < -0.3 is 4.90 Å². The van der Waals surface area contributed by atoms with E-state index in [1.165, 1.54) is 66.4 Å². The summed E-state index contributed by atoms with van der Waals surface area (Å²) in [5, 5.41) is 2.63. The van der Waals surface area contributed by atoms with Crippen LogP contribution in [0.1, 0.15) is 11.1 Å². The van der Waals surface area contributed by atoms with Crippen LogP contribution in [-0.2, 0) is 0 Å². The predicted molar refractivity (Wildman–Crippen MR) is 209 cm³/mol. The highest BCUT2D eigenvalue weighted by Crippen LogP contribution is 2.42. The summed E-state index contributed by atoms with van der Waals surface area (Å²) in [4.78, 5) is 2.34. The van der Waals surface area contributed by atoms with Crippen molar-refractivity contribution in [3.63, 3.8) is 0 Å². The fourth-order valence-corrected chi connectivity index (χ4v) is 7.15. The van der Waals surface area contributed by atoms with Crippen LogP contribution in [0.4, 0.5) is 17.1 Å². The van der Waals surface area contributed by atoms with Gasteiger partial charge in [-0.3, -0.25) is 0 Å². The Balaban J connectivity index is 1.11. The number of anilines is 3. The van der Waals surface area contributed by atoms with E-state index in [1.807, 2.05) is 0 Å². The van der Waals surface area contributed by atoms with E-state index in [9.17, 15) is 0 Å². The molecule has 1 aliphatic carbocycles. The summed E-state index contributed by atoms with van der Waals surface area (Å²) < 4.78 is 0. The topological polar surface area (TPSA) is 3.24 Å². The van der Waals surface area contributed by atoms with Gasteiger partial charge in [-0.05, 0) is 115 Å². The summed E-state index contributed by atoms with van der Waals surface area (Å²) >= 11 is 0. The van der Waals surface area contributed by atoms with Crippen molar-refractivity contribution in [3.05, 3.63) is 199 Å². The summed E-state index contributed by atoms with van der Waals surface area (Å²) in [6, 6.07) is 67.8.